The molecule has 5 N–H and O–H groups in total. The van der Waals surface area contributed by atoms with Gasteiger partial charge < -0.3 is 5.73 Å². The van der Waals surface area contributed by atoms with E-state index in [1.165, 1.54) is 0 Å². The summed E-state index contributed by atoms with van der Waals surface area (Å²) in [7, 11) is -7.27. The Kier molecular flexibility index (Phi) is 5.44. The minimum absolute atomic E-state index is 0.231. The third-order valence-corrected chi connectivity index (χ3v) is 4.42. The Balaban J connectivity index is 2.63. The van der Waals surface area contributed by atoms with Gasteiger partial charge in [-0.2, -0.15) is 0 Å². The van der Waals surface area contributed by atoms with Crippen molar-refractivity contribution >= 4 is 20.0 Å². The average molecular weight is 307 g/mol. The number of primary sulfonamides is 1. The first kappa shape index (κ1) is 16.1. The number of hydrogen-bond donors (Lipinski definition) is 3. The topological polar surface area (TPSA) is 132 Å². The van der Waals surface area contributed by atoms with Crippen LogP contribution in [0.1, 0.15) is 11.1 Å². The Morgan fingerprint density at radius 3 is 2.32 bits per heavy atom. The van der Waals surface area contributed by atoms with Crippen molar-refractivity contribution in [1.82, 2.24) is 4.72 Å². The summed E-state index contributed by atoms with van der Waals surface area (Å²) in [5, 5.41) is 4.78. The molecule has 0 atom stereocenters. The van der Waals surface area contributed by atoms with E-state index < -0.39 is 25.8 Å². The van der Waals surface area contributed by atoms with Gasteiger partial charge >= 0.3 is 0 Å². The standard InChI is InChI=1S/C10H17N3O4S2/c11-7-9-2-1-3-10(6-9)8-19(16,17)13-4-5-18(12,14)15/h1-3,6,13H,4-5,7-8,11H2,(H2,12,14,15). The molecule has 0 fully saturated rings. The average Bonchev–Trinajstić information content (AvgIpc) is 2.26. The van der Waals surface area contributed by atoms with Crippen molar-refractivity contribution in [1.29, 1.82) is 0 Å². The molecule has 7 nitrogen and oxygen atoms in total. The molecule has 0 aromatic heterocycles. The summed E-state index contributed by atoms with van der Waals surface area (Å²) >= 11 is 0. The molecule has 1 rings (SSSR count). The van der Waals surface area contributed by atoms with Gasteiger partial charge in [-0.3, -0.25) is 0 Å². The van der Waals surface area contributed by atoms with E-state index in [4.69, 9.17) is 10.9 Å². The van der Waals surface area contributed by atoms with E-state index in [1.807, 2.05) is 0 Å². The molecule has 19 heavy (non-hydrogen) atoms. The van der Waals surface area contributed by atoms with Crippen LogP contribution in [0.5, 0.6) is 0 Å². The van der Waals surface area contributed by atoms with Crippen LogP contribution in [0.4, 0.5) is 0 Å². The smallest absolute Gasteiger partial charge is 0.215 e. The monoisotopic (exact) mass is 307 g/mol. The van der Waals surface area contributed by atoms with Crippen LogP contribution in [0, 0.1) is 0 Å². The first-order valence-electron chi connectivity index (χ1n) is 5.47. The Bertz CT molecular complexity index is 626. The zero-order valence-electron chi connectivity index (χ0n) is 10.2. The summed E-state index contributed by atoms with van der Waals surface area (Å²) in [5.74, 6) is -0.666. The lowest BCUT2D eigenvalue weighted by atomic mass is 10.1. The minimum atomic E-state index is -3.67. The summed E-state index contributed by atoms with van der Waals surface area (Å²) in [5.41, 5.74) is 6.88. The molecule has 0 aliphatic heterocycles. The number of sulfonamides is 2. The highest BCUT2D eigenvalue weighted by molar-refractivity contribution is 7.89. The maximum absolute atomic E-state index is 11.7. The number of nitrogens with one attached hydrogen (secondary N) is 1. The molecule has 0 heterocycles. The highest BCUT2D eigenvalue weighted by Gasteiger charge is 2.12. The van der Waals surface area contributed by atoms with E-state index >= 15 is 0 Å². The Hall–Kier alpha value is -1.00. The molecule has 0 bridgehead atoms. The van der Waals surface area contributed by atoms with Crippen molar-refractivity contribution < 1.29 is 16.8 Å². The zero-order valence-corrected chi connectivity index (χ0v) is 11.9. The summed E-state index contributed by atoms with van der Waals surface area (Å²) < 4.78 is 47.0. The van der Waals surface area contributed by atoms with E-state index in [0.29, 0.717) is 12.1 Å². The van der Waals surface area contributed by atoms with Crippen LogP contribution in [0.2, 0.25) is 0 Å². The van der Waals surface area contributed by atoms with Crippen molar-refractivity contribution in [3.8, 4) is 0 Å². The fourth-order valence-corrected chi connectivity index (χ4v) is 3.11. The summed E-state index contributed by atoms with van der Waals surface area (Å²) in [6.07, 6.45) is 0. The van der Waals surface area contributed by atoms with Gasteiger partial charge in [0, 0.05) is 13.1 Å². The van der Waals surface area contributed by atoms with Crippen LogP contribution in [-0.4, -0.2) is 29.1 Å². The fraction of sp³-hybridized carbons (Fsp3) is 0.400. The van der Waals surface area contributed by atoms with Crippen molar-refractivity contribution in [3.63, 3.8) is 0 Å². The van der Waals surface area contributed by atoms with Crippen molar-refractivity contribution in [2.75, 3.05) is 12.3 Å². The van der Waals surface area contributed by atoms with Gasteiger partial charge in [-0.15, -0.1) is 0 Å². The van der Waals surface area contributed by atoms with E-state index in [2.05, 4.69) is 4.72 Å². The van der Waals surface area contributed by atoms with Gasteiger partial charge in [0.25, 0.3) is 0 Å². The molecular weight excluding hydrogens is 290 g/mol. The number of rotatable bonds is 7. The first-order chi connectivity index (χ1) is 8.72. The molecule has 0 spiro atoms. The highest BCUT2D eigenvalue weighted by Crippen LogP contribution is 2.08. The molecule has 0 unspecified atom stereocenters. The highest BCUT2D eigenvalue weighted by atomic mass is 32.2. The van der Waals surface area contributed by atoms with Gasteiger partial charge in [0.05, 0.1) is 11.5 Å². The van der Waals surface area contributed by atoms with Gasteiger partial charge in [-0.25, -0.2) is 26.7 Å². The Labute approximate surface area is 113 Å². The van der Waals surface area contributed by atoms with E-state index in [1.54, 1.807) is 24.3 Å². The summed E-state index contributed by atoms with van der Waals surface area (Å²) in [6, 6.07) is 6.87. The summed E-state index contributed by atoms with van der Waals surface area (Å²) in [4.78, 5) is 0. The zero-order chi connectivity index (χ0) is 14.5. The molecule has 0 saturated heterocycles. The minimum Gasteiger partial charge on any atom is -0.326 e. The normalized spacial score (nSPS) is 12.5. The molecule has 108 valence electrons. The quantitative estimate of drug-likeness (QED) is 0.585. The van der Waals surface area contributed by atoms with Gasteiger partial charge in [0.1, 0.15) is 0 Å². The Morgan fingerprint density at radius 2 is 1.74 bits per heavy atom. The maximum Gasteiger partial charge on any atom is 0.215 e. The van der Waals surface area contributed by atoms with E-state index in [9.17, 15) is 16.8 Å². The lowest BCUT2D eigenvalue weighted by Crippen LogP contribution is -2.32. The molecule has 1 aromatic rings. The number of benzene rings is 1. The molecule has 0 aliphatic carbocycles. The predicted octanol–water partition coefficient (Wildman–Crippen LogP) is -1.15. The predicted molar refractivity (Wildman–Crippen MR) is 72.9 cm³/mol. The van der Waals surface area contributed by atoms with Crippen molar-refractivity contribution in [2.45, 2.75) is 12.3 Å². The molecule has 9 heteroatoms. The maximum atomic E-state index is 11.7. The van der Waals surface area contributed by atoms with Crippen LogP contribution in [0.3, 0.4) is 0 Å². The van der Waals surface area contributed by atoms with E-state index in [-0.39, 0.29) is 12.3 Å². The van der Waals surface area contributed by atoms with Crippen molar-refractivity contribution in [3.05, 3.63) is 35.4 Å². The number of nitrogens with two attached hydrogens (primary N) is 2. The van der Waals surface area contributed by atoms with Crippen LogP contribution >= 0.6 is 0 Å². The molecule has 0 aliphatic rings. The van der Waals surface area contributed by atoms with Crippen LogP contribution in [0.25, 0.3) is 0 Å². The second-order valence-electron chi connectivity index (χ2n) is 4.04. The Morgan fingerprint density at radius 1 is 1.11 bits per heavy atom. The molecule has 0 saturated carbocycles. The van der Waals surface area contributed by atoms with Gasteiger partial charge in [-0.1, -0.05) is 24.3 Å². The SMILES string of the molecule is NCc1cccc(CS(=O)(=O)NCCS(N)(=O)=O)c1. The van der Waals surface area contributed by atoms with Crippen LogP contribution in [0.15, 0.2) is 24.3 Å². The second-order valence-corrected chi connectivity index (χ2v) is 7.59. The number of hydrogen-bond acceptors (Lipinski definition) is 5. The molecule has 0 amide bonds. The van der Waals surface area contributed by atoms with Gasteiger partial charge in [0.15, 0.2) is 0 Å². The van der Waals surface area contributed by atoms with Gasteiger partial charge in [0.2, 0.25) is 20.0 Å². The molecule has 0 radical (unpaired) electrons. The van der Waals surface area contributed by atoms with Crippen LogP contribution < -0.4 is 15.6 Å². The van der Waals surface area contributed by atoms with E-state index in [0.717, 1.165) is 5.56 Å². The lowest BCUT2D eigenvalue weighted by Gasteiger charge is -2.07. The third kappa shape index (κ3) is 6.64. The third-order valence-electron chi connectivity index (χ3n) is 2.29. The molecular formula is C10H17N3O4S2. The lowest BCUT2D eigenvalue weighted by molar-refractivity contribution is 0.580. The van der Waals surface area contributed by atoms with Crippen LogP contribution in [-0.2, 0) is 32.3 Å². The molecule has 1 aromatic carbocycles. The van der Waals surface area contributed by atoms with Gasteiger partial charge in [-0.05, 0) is 11.1 Å². The largest absolute Gasteiger partial charge is 0.326 e. The summed E-state index contributed by atoms with van der Waals surface area (Å²) in [6.45, 7) is 0.0878. The fourth-order valence-electron chi connectivity index (χ4n) is 1.46. The van der Waals surface area contributed by atoms with Crippen molar-refractivity contribution in [2.24, 2.45) is 10.9 Å². The second kappa shape index (κ2) is 6.44. The first-order valence-corrected chi connectivity index (χ1v) is 8.84.